The predicted octanol–water partition coefficient (Wildman–Crippen LogP) is 6.34. The van der Waals surface area contributed by atoms with Gasteiger partial charge in [-0.2, -0.15) is 0 Å². The summed E-state index contributed by atoms with van der Waals surface area (Å²) in [7, 11) is 0. The van der Waals surface area contributed by atoms with Gasteiger partial charge in [-0.3, -0.25) is 0 Å². The maximum absolute atomic E-state index is 10.0. The van der Waals surface area contributed by atoms with Gasteiger partial charge in [-0.1, -0.05) is 66.2 Å². The third-order valence-corrected chi connectivity index (χ3v) is 4.78. The average Bonchev–Trinajstić information content (AvgIpc) is 2.73. The molecule has 0 radical (unpaired) electrons. The predicted molar refractivity (Wildman–Crippen MR) is 115 cm³/mol. The van der Waals surface area contributed by atoms with Gasteiger partial charge in [-0.05, 0) is 36.4 Å². The van der Waals surface area contributed by atoms with Gasteiger partial charge in [-0.15, -0.1) is 0 Å². The summed E-state index contributed by atoms with van der Waals surface area (Å²) in [5.41, 5.74) is 3.23. The SMILES string of the molecule is Oc1cccc2ccc(/C=C/c3ccccc3OCc3ccccc3Cl)nc12. The number of para-hydroxylation sites is 2. The van der Waals surface area contributed by atoms with Crippen molar-refractivity contribution in [3.8, 4) is 11.5 Å². The molecule has 0 aliphatic heterocycles. The summed E-state index contributed by atoms with van der Waals surface area (Å²) in [5, 5.41) is 11.6. The first-order valence-electron chi connectivity index (χ1n) is 8.93. The summed E-state index contributed by atoms with van der Waals surface area (Å²) in [5.74, 6) is 0.943. The van der Waals surface area contributed by atoms with Crippen molar-refractivity contribution in [1.29, 1.82) is 0 Å². The molecular formula is C24H18ClNO2. The Morgan fingerprint density at radius 3 is 2.57 bits per heavy atom. The fourth-order valence-electron chi connectivity index (χ4n) is 2.94. The summed E-state index contributed by atoms with van der Waals surface area (Å²) in [6, 6.07) is 24.7. The molecule has 1 aromatic heterocycles. The Morgan fingerprint density at radius 2 is 1.68 bits per heavy atom. The number of benzene rings is 3. The number of aromatic nitrogens is 1. The van der Waals surface area contributed by atoms with E-state index in [0.717, 1.165) is 28.0 Å². The van der Waals surface area contributed by atoms with Crippen molar-refractivity contribution in [3.05, 3.63) is 101 Å². The van der Waals surface area contributed by atoms with Crippen molar-refractivity contribution < 1.29 is 9.84 Å². The molecule has 0 fully saturated rings. The van der Waals surface area contributed by atoms with Crippen LogP contribution < -0.4 is 4.74 Å². The van der Waals surface area contributed by atoms with Crippen LogP contribution in [0, 0.1) is 0 Å². The molecule has 4 heteroatoms. The summed E-state index contributed by atoms with van der Waals surface area (Å²) in [4.78, 5) is 4.53. The van der Waals surface area contributed by atoms with Crippen LogP contribution in [0.25, 0.3) is 23.1 Å². The number of pyridine rings is 1. The summed E-state index contributed by atoms with van der Waals surface area (Å²) >= 11 is 6.21. The number of aromatic hydroxyl groups is 1. The Balaban J connectivity index is 1.57. The molecule has 1 heterocycles. The number of phenolic OH excluding ortho intramolecular Hbond substituents is 1. The van der Waals surface area contributed by atoms with E-state index in [1.165, 1.54) is 0 Å². The number of hydrogen-bond acceptors (Lipinski definition) is 3. The van der Waals surface area contributed by atoms with Crippen LogP contribution in [0.1, 0.15) is 16.8 Å². The van der Waals surface area contributed by atoms with Gasteiger partial charge in [0.2, 0.25) is 0 Å². The van der Waals surface area contributed by atoms with Gasteiger partial charge in [0.1, 0.15) is 23.6 Å². The Kier molecular flexibility index (Phi) is 5.27. The van der Waals surface area contributed by atoms with E-state index in [1.54, 1.807) is 12.1 Å². The van der Waals surface area contributed by atoms with E-state index in [1.807, 2.05) is 78.9 Å². The molecular weight excluding hydrogens is 370 g/mol. The standard InChI is InChI=1S/C24H18ClNO2/c25-21-9-3-1-7-19(21)16-28-23-11-4-2-6-17(23)12-14-20-15-13-18-8-5-10-22(27)24(18)26-20/h1-15,27H,16H2/b14-12+. The first kappa shape index (κ1) is 18.1. The molecule has 0 aliphatic carbocycles. The van der Waals surface area contributed by atoms with Gasteiger partial charge in [0, 0.05) is 21.5 Å². The molecule has 3 nitrogen and oxygen atoms in total. The molecule has 28 heavy (non-hydrogen) atoms. The van der Waals surface area contributed by atoms with Crippen molar-refractivity contribution in [2.24, 2.45) is 0 Å². The van der Waals surface area contributed by atoms with Gasteiger partial charge in [0.15, 0.2) is 0 Å². The number of fused-ring (bicyclic) bond motifs is 1. The number of phenols is 1. The molecule has 0 spiro atoms. The molecule has 0 aliphatic rings. The summed E-state index contributed by atoms with van der Waals surface area (Å²) in [6.07, 6.45) is 3.86. The van der Waals surface area contributed by atoms with Crippen LogP contribution >= 0.6 is 11.6 Å². The van der Waals surface area contributed by atoms with Crippen LogP contribution in [0.15, 0.2) is 78.9 Å². The maximum atomic E-state index is 10.0. The number of halogens is 1. The first-order valence-corrected chi connectivity index (χ1v) is 9.30. The van der Waals surface area contributed by atoms with E-state index >= 15 is 0 Å². The van der Waals surface area contributed by atoms with E-state index in [0.29, 0.717) is 17.1 Å². The normalized spacial score (nSPS) is 11.2. The van der Waals surface area contributed by atoms with Crippen LogP contribution in [0.4, 0.5) is 0 Å². The lowest BCUT2D eigenvalue weighted by Gasteiger charge is -2.10. The number of ether oxygens (including phenoxy) is 1. The van der Waals surface area contributed by atoms with Gasteiger partial charge >= 0.3 is 0 Å². The highest BCUT2D eigenvalue weighted by molar-refractivity contribution is 6.31. The highest BCUT2D eigenvalue weighted by Crippen LogP contribution is 2.25. The summed E-state index contributed by atoms with van der Waals surface area (Å²) < 4.78 is 5.99. The largest absolute Gasteiger partial charge is 0.506 e. The van der Waals surface area contributed by atoms with Crippen molar-refractivity contribution in [2.75, 3.05) is 0 Å². The Bertz CT molecular complexity index is 1150. The number of hydrogen-bond donors (Lipinski definition) is 1. The minimum atomic E-state index is 0.177. The lowest BCUT2D eigenvalue weighted by molar-refractivity contribution is 0.305. The molecule has 1 N–H and O–H groups in total. The highest BCUT2D eigenvalue weighted by Gasteiger charge is 2.04. The van der Waals surface area contributed by atoms with Crippen LogP contribution in [0.2, 0.25) is 5.02 Å². The zero-order valence-corrected chi connectivity index (χ0v) is 15.8. The van der Waals surface area contributed by atoms with Crippen molar-refractivity contribution in [1.82, 2.24) is 4.98 Å². The second kappa shape index (κ2) is 8.15. The third-order valence-electron chi connectivity index (χ3n) is 4.41. The summed E-state index contributed by atoms with van der Waals surface area (Å²) in [6.45, 7) is 0.395. The van der Waals surface area contributed by atoms with Crippen molar-refractivity contribution in [2.45, 2.75) is 6.61 Å². The second-order valence-electron chi connectivity index (χ2n) is 6.34. The van der Waals surface area contributed by atoms with Gasteiger partial charge in [-0.25, -0.2) is 4.98 Å². The molecule has 4 aromatic rings. The minimum Gasteiger partial charge on any atom is -0.506 e. The van der Waals surface area contributed by atoms with E-state index < -0.39 is 0 Å². The number of nitrogens with zero attached hydrogens (tertiary/aromatic N) is 1. The van der Waals surface area contributed by atoms with E-state index in [-0.39, 0.29) is 5.75 Å². The Morgan fingerprint density at radius 1 is 0.857 bits per heavy atom. The van der Waals surface area contributed by atoms with Crippen LogP contribution in [0.5, 0.6) is 11.5 Å². The Hall–Kier alpha value is -3.30. The zero-order chi connectivity index (χ0) is 19.3. The van der Waals surface area contributed by atoms with E-state index in [2.05, 4.69) is 4.98 Å². The molecule has 0 atom stereocenters. The topological polar surface area (TPSA) is 42.4 Å². The third kappa shape index (κ3) is 4.00. The fourth-order valence-corrected chi connectivity index (χ4v) is 3.13. The lowest BCUT2D eigenvalue weighted by Crippen LogP contribution is -1.97. The zero-order valence-electron chi connectivity index (χ0n) is 15.0. The van der Waals surface area contributed by atoms with Crippen molar-refractivity contribution in [3.63, 3.8) is 0 Å². The fraction of sp³-hybridized carbons (Fsp3) is 0.0417. The number of rotatable bonds is 5. The monoisotopic (exact) mass is 387 g/mol. The van der Waals surface area contributed by atoms with Gasteiger partial charge < -0.3 is 9.84 Å². The molecule has 0 saturated heterocycles. The molecule has 3 aromatic carbocycles. The first-order chi connectivity index (χ1) is 13.7. The minimum absolute atomic E-state index is 0.177. The second-order valence-corrected chi connectivity index (χ2v) is 6.74. The van der Waals surface area contributed by atoms with Gasteiger partial charge in [0.05, 0.1) is 5.69 Å². The van der Waals surface area contributed by atoms with Crippen LogP contribution in [-0.2, 0) is 6.61 Å². The smallest absolute Gasteiger partial charge is 0.141 e. The van der Waals surface area contributed by atoms with Crippen molar-refractivity contribution >= 4 is 34.7 Å². The molecule has 0 amide bonds. The highest BCUT2D eigenvalue weighted by atomic mass is 35.5. The van der Waals surface area contributed by atoms with Crippen LogP contribution in [0.3, 0.4) is 0 Å². The molecule has 0 saturated carbocycles. The maximum Gasteiger partial charge on any atom is 0.141 e. The molecule has 0 bridgehead atoms. The molecule has 0 unspecified atom stereocenters. The quantitative estimate of drug-likeness (QED) is 0.434. The molecule has 4 rings (SSSR count). The van der Waals surface area contributed by atoms with E-state index in [4.69, 9.17) is 16.3 Å². The average molecular weight is 388 g/mol. The van der Waals surface area contributed by atoms with E-state index in [9.17, 15) is 5.11 Å². The van der Waals surface area contributed by atoms with Gasteiger partial charge in [0.25, 0.3) is 0 Å². The lowest BCUT2D eigenvalue weighted by atomic mass is 10.1. The molecule has 138 valence electrons. The Labute approximate surface area is 168 Å². The van der Waals surface area contributed by atoms with Crippen LogP contribution in [-0.4, -0.2) is 10.1 Å².